The van der Waals surface area contributed by atoms with Gasteiger partial charge in [0.05, 0.1) is 6.04 Å². The fourth-order valence-corrected chi connectivity index (χ4v) is 3.25. The molecule has 0 amide bonds. The van der Waals surface area contributed by atoms with Gasteiger partial charge in [-0.15, -0.1) is 0 Å². The number of likely N-dealkylation sites (N-methyl/N-ethyl adjacent to an activating group) is 1. The van der Waals surface area contributed by atoms with Crippen molar-refractivity contribution in [2.24, 2.45) is 5.92 Å². The zero-order valence-electron chi connectivity index (χ0n) is 12.4. The highest BCUT2D eigenvalue weighted by molar-refractivity contribution is 5.21. The van der Waals surface area contributed by atoms with Gasteiger partial charge in [-0.2, -0.15) is 0 Å². The van der Waals surface area contributed by atoms with Crippen LogP contribution < -0.4 is 21.7 Å². The van der Waals surface area contributed by atoms with Crippen LogP contribution in [0.1, 0.15) is 18.0 Å². The molecule has 5 nitrogen and oxygen atoms in total. The molecule has 3 unspecified atom stereocenters. The van der Waals surface area contributed by atoms with Crippen LogP contribution in [0.25, 0.3) is 0 Å². The Labute approximate surface area is 125 Å². The van der Waals surface area contributed by atoms with Crippen LogP contribution in [0.5, 0.6) is 0 Å². The van der Waals surface area contributed by atoms with Crippen molar-refractivity contribution in [3.63, 3.8) is 0 Å². The lowest BCUT2D eigenvalue weighted by atomic mass is 9.94. The molecule has 3 rings (SSSR count). The van der Waals surface area contributed by atoms with E-state index in [0.717, 1.165) is 31.7 Å². The first-order chi connectivity index (χ1) is 10.2. The van der Waals surface area contributed by atoms with Gasteiger partial charge < -0.3 is 4.90 Å². The molecule has 116 valence electrons. The zero-order chi connectivity index (χ0) is 14.7. The van der Waals surface area contributed by atoms with Crippen LogP contribution >= 0.6 is 0 Å². The molecule has 2 aliphatic heterocycles. The predicted octanol–water partition coefficient (Wildman–Crippen LogP) is 0.389. The van der Waals surface area contributed by atoms with Gasteiger partial charge in [0.2, 0.25) is 0 Å². The molecule has 1 aromatic carbocycles. The van der Waals surface area contributed by atoms with Gasteiger partial charge in [-0.25, -0.2) is 9.82 Å². The van der Waals surface area contributed by atoms with Gasteiger partial charge in [-0.1, -0.05) is 12.1 Å². The molecular weight excluding hydrogens is 269 g/mol. The van der Waals surface area contributed by atoms with Gasteiger partial charge in [0, 0.05) is 38.1 Å². The van der Waals surface area contributed by atoms with E-state index >= 15 is 0 Å². The van der Waals surface area contributed by atoms with Crippen molar-refractivity contribution in [2.45, 2.75) is 18.5 Å². The quantitative estimate of drug-likeness (QED) is 0.633. The van der Waals surface area contributed by atoms with Gasteiger partial charge in [-0.3, -0.25) is 16.3 Å². The maximum atomic E-state index is 13.1. The Morgan fingerprint density at radius 2 is 1.95 bits per heavy atom. The van der Waals surface area contributed by atoms with Gasteiger partial charge in [0.15, 0.2) is 0 Å². The van der Waals surface area contributed by atoms with Crippen molar-refractivity contribution in [2.75, 3.05) is 33.2 Å². The smallest absolute Gasteiger partial charge is 0.123 e. The van der Waals surface area contributed by atoms with E-state index in [1.807, 2.05) is 12.1 Å². The zero-order valence-corrected chi connectivity index (χ0v) is 12.4. The molecular formula is C15H24FN5. The average molecular weight is 293 g/mol. The summed E-state index contributed by atoms with van der Waals surface area (Å²) in [7, 11) is 2.17. The molecule has 21 heavy (non-hydrogen) atoms. The van der Waals surface area contributed by atoms with Crippen LogP contribution in [0.15, 0.2) is 24.3 Å². The molecule has 0 spiro atoms. The van der Waals surface area contributed by atoms with Crippen LogP contribution in [0.2, 0.25) is 0 Å². The highest BCUT2D eigenvalue weighted by Crippen LogP contribution is 2.25. The van der Waals surface area contributed by atoms with E-state index < -0.39 is 0 Å². The number of halogens is 1. The number of rotatable bonds is 5. The molecule has 0 bridgehead atoms. The van der Waals surface area contributed by atoms with E-state index in [2.05, 4.69) is 33.7 Å². The topological polar surface area (TPSA) is 51.4 Å². The summed E-state index contributed by atoms with van der Waals surface area (Å²) in [5.74, 6) is 0.299. The molecule has 1 aromatic rings. The Balaban J connectivity index is 1.57. The molecule has 4 N–H and O–H groups in total. The Morgan fingerprint density at radius 3 is 2.67 bits per heavy atom. The summed E-state index contributed by atoms with van der Waals surface area (Å²) in [6.07, 6.45) is 1.17. The molecule has 2 saturated heterocycles. The normalized spacial score (nSPS) is 29.4. The molecule has 0 radical (unpaired) electrons. The van der Waals surface area contributed by atoms with Gasteiger partial charge >= 0.3 is 0 Å². The average Bonchev–Trinajstić information content (AvgIpc) is 3.11. The van der Waals surface area contributed by atoms with E-state index in [-0.39, 0.29) is 11.9 Å². The summed E-state index contributed by atoms with van der Waals surface area (Å²) in [6, 6.07) is 7.57. The number of hydrazine groups is 2. The summed E-state index contributed by atoms with van der Waals surface area (Å²) < 4.78 is 13.1. The van der Waals surface area contributed by atoms with Gasteiger partial charge in [0.25, 0.3) is 0 Å². The van der Waals surface area contributed by atoms with Crippen molar-refractivity contribution in [3.05, 3.63) is 35.6 Å². The molecule has 3 atom stereocenters. The summed E-state index contributed by atoms with van der Waals surface area (Å²) in [6.45, 7) is 4.03. The molecule has 0 saturated carbocycles. The van der Waals surface area contributed by atoms with Crippen LogP contribution in [0, 0.1) is 11.7 Å². The van der Waals surface area contributed by atoms with Crippen LogP contribution in [-0.2, 0) is 0 Å². The Bertz CT molecular complexity index is 446. The number of benzene rings is 1. The summed E-state index contributed by atoms with van der Waals surface area (Å²) in [4.78, 5) is 2.38. The second-order valence-electron chi connectivity index (χ2n) is 6.09. The first-order valence-corrected chi connectivity index (χ1v) is 7.63. The predicted molar refractivity (Wildman–Crippen MR) is 80.8 cm³/mol. The minimum atomic E-state index is -0.182. The Kier molecular flexibility index (Phi) is 4.82. The molecule has 6 heteroatoms. The molecule has 0 aromatic heterocycles. The monoisotopic (exact) mass is 293 g/mol. The number of hydrogen-bond donors (Lipinski definition) is 4. The lowest BCUT2D eigenvalue weighted by Gasteiger charge is -2.26. The molecule has 2 heterocycles. The maximum Gasteiger partial charge on any atom is 0.123 e. The van der Waals surface area contributed by atoms with Crippen molar-refractivity contribution < 1.29 is 4.39 Å². The maximum absolute atomic E-state index is 13.1. The van der Waals surface area contributed by atoms with E-state index in [1.165, 1.54) is 18.6 Å². The number of hydrogen-bond acceptors (Lipinski definition) is 5. The van der Waals surface area contributed by atoms with E-state index in [4.69, 9.17) is 0 Å². The van der Waals surface area contributed by atoms with E-state index in [0.29, 0.717) is 12.0 Å². The third-order valence-electron chi connectivity index (χ3n) is 4.32. The first kappa shape index (κ1) is 14.9. The largest absolute Gasteiger partial charge is 0.304 e. The number of nitrogens with zero attached hydrogens (tertiary/aromatic N) is 1. The number of nitrogens with one attached hydrogen (secondary N) is 4. The first-order valence-electron chi connectivity index (χ1n) is 7.63. The highest BCUT2D eigenvalue weighted by atomic mass is 19.1. The van der Waals surface area contributed by atoms with Crippen LogP contribution in [0.4, 0.5) is 4.39 Å². The van der Waals surface area contributed by atoms with Crippen LogP contribution in [0.3, 0.4) is 0 Å². The minimum absolute atomic E-state index is 0.182. The van der Waals surface area contributed by atoms with Crippen molar-refractivity contribution in [3.8, 4) is 0 Å². The third kappa shape index (κ3) is 3.78. The summed E-state index contributed by atoms with van der Waals surface area (Å²) in [5, 5.41) is 0. The molecule has 2 fully saturated rings. The SMILES string of the molecule is CN(CC1CCNN1)CC1CNNC1c1ccc(F)cc1. The lowest BCUT2D eigenvalue weighted by molar-refractivity contribution is 0.246. The van der Waals surface area contributed by atoms with Crippen molar-refractivity contribution in [1.82, 2.24) is 26.6 Å². The lowest BCUT2D eigenvalue weighted by Crippen LogP contribution is -2.41. The second kappa shape index (κ2) is 6.81. The molecule has 2 aliphatic rings. The Hall–Kier alpha value is -1.05. The fourth-order valence-electron chi connectivity index (χ4n) is 3.25. The Morgan fingerprint density at radius 1 is 1.14 bits per heavy atom. The van der Waals surface area contributed by atoms with Gasteiger partial charge in [0.1, 0.15) is 5.82 Å². The van der Waals surface area contributed by atoms with Crippen LogP contribution in [-0.4, -0.2) is 44.2 Å². The standard InChI is InChI=1S/C15H24FN5/c1-21(10-14-6-7-17-19-14)9-12-8-18-20-15(12)11-2-4-13(16)5-3-11/h2-5,12,14-15,17-20H,6-10H2,1H3. The second-order valence-corrected chi connectivity index (χ2v) is 6.09. The molecule has 0 aliphatic carbocycles. The van der Waals surface area contributed by atoms with Gasteiger partial charge in [-0.05, 0) is 31.2 Å². The van der Waals surface area contributed by atoms with Crippen molar-refractivity contribution in [1.29, 1.82) is 0 Å². The van der Waals surface area contributed by atoms with E-state index in [9.17, 15) is 4.39 Å². The summed E-state index contributed by atoms with van der Waals surface area (Å²) >= 11 is 0. The summed E-state index contributed by atoms with van der Waals surface area (Å²) in [5.41, 5.74) is 14.2. The fraction of sp³-hybridized carbons (Fsp3) is 0.600. The highest BCUT2D eigenvalue weighted by Gasteiger charge is 2.29. The van der Waals surface area contributed by atoms with Crippen molar-refractivity contribution >= 4 is 0 Å². The minimum Gasteiger partial charge on any atom is -0.304 e. The van der Waals surface area contributed by atoms with E-state index in [1.54, 1.807) is 0 Å². The third-order valence-corrected chi connectivity index (χ3v) is 4.32.